The van der Waals surface area contributed by atoms with Crippen molar-refractivity contribution in [3.8, 4) is 11.5 Å². The standard InChI is InChI=1S/C15H15FN2O2/c16-11-3-6-14(13(9-11)15(17)18)20-12-4-1-10(2-5-12)7-8-19/h1-6,9,19H,7-8H2,(H3,17,18). The van der Waals surface area contributed by atoms with E-state index in [2.05, 4.69) is 0 Å². The van der Waals surface area contributed by atoms with E-state index in [1.165, 1.54) is 12.1 Å². The van der Waals surface area contributed by atoms with Crippen molar-refractivity contribution < 1.29 is 14.2 Å². The highest BCUT2D eigenvalue weighted by molar-refractivity contribution is 5.97. The van der Waals surface area contributed by atoms with Crippen LogP contribution in [0.1, 0.15) is 11.1 Å². The molecule has 0 aliphatic carbocycles. The van der Waals surface area contributed by atoms with Gasteiger partial charge in [-0.2, -0.15) is 0 Å². The number of hydrogen-bond donors (Lipinski definition) is 3. The summed E-state index contributed by atoms with van der Waals surface area (Å²) in [4.78, 5) is 0. The fraction of sp³-hybridized carbons (Fsp3) is 0.133. The number of hydrogen-bond acceptors (Lipinski definition) is 3. The van der Waals surface area contributed by atoms with Gasteiger partial charge in [0.1, 0.15) is 23.2 Å². The third kappa shape index (κ3) is 3.33. The number of halogens is 1. The zero-order valence-electron chi connectivity index (χ0n) is 10.8. The number of rotatable bonds is 5. The average molecular weight is 274 g/mol. The molecule has 0 heterocycles. The molecule has 104 valence electrons. The SMILES string of the molecule is N=C(N)c1cc(F)ccc1Oc1ccc(CCO)cc1. The number of ether oxygens (including phenoxy) is 1. The maximum absolute atomic E-state index is 13.2. The zero-order valence-corrected chi connectivity index (χ0v) is 10.8. The van der Waals surface area contributed by atoms with Gasteiger partial charge in [-0.1, -0.05) is 12.1 Å². The number of aliphatic hydroxyl groups excluding tert-OH is 1. The van der Waals surface area contributed by atoms with Crippen LogP contribution in [0, 0.1) is 11.2 Å². The van der Waals surface area contributed by atoms with E-state index in [-0.39, 0.29) is 18.0 Å². The molecule has 5 heteroatoms. The van der Waals surface area contributed by atoms with Crippen LogP contribution in [0.2, 0.25) is 0 Å². The van der Waals surface area contributed by atoms with Gasteiger partial charge in [0.2, 0.25) is 0 Å². The van der Waals surface area contributed by atoms with Crippen LogP contribution in [-0.4, -0.2) is 17.5 Å². The Labute approximate surface area is 116 Å². The second kappa shape index (κ2) is 6.16. The highest BCUT2D eigenvalue weighted by Gasteiger charge is 2.09. The monoisotopic (exact) mass is 274 g/mol. The molecule has 0 bridgehead atoms. The van der Waals surface area contributed by atoms with Crippen LogP contribution in [0.4, 0.5) is 4.39 Å². The van der Waals surface area contributed by atoms with E-state index in [0.717, 1.165) is 11.6 Å². The van der Waals surface area contributed by atoms with Crippen LogP contribution in [0.5, 0.6) is 11.5 Å². The molecule has 0 unspecified atom stereocenters. The molecule has 0 fully saturated rings. The lowest BCUT2D eigenvalue weighted by atomic mass is 10.1. The number of aliphatic hydroxyl groups is 1. The smallest absolute Gasteiger partial charge is 0.138 e. The van der Waals surface area contributed by atoms with E-state index in [1.807, 2.05) is 12.1 Å². The number of benzene rings is 2. The summed E-state index contributed by atoms with van der Waals surface area (Å²) in [6.07, 6.45) is 0.579. The molecule has 0 saturated heterocycles. The van der Waals surface area contributed by atoms with Gasteiger partial charge in [0, 0.05) is 6.61 Å². The van der Waals surface area contributed by atoms with E-state index in [4.69, 9.17) is 21.0 Å². The summed E-state index contributed by atoms with van der Waals surface area (Å²) in [6.45, 7) is 0.0899. The molecule has 4 N–H and O–H groups in total. The van der Waals surface area contributed by atoms with Crippen LogP contribution in [0.15, 0.2) is 42.5 Å². The van der Waals surface area contributed by atoms with Gasteiger partial charge in [0.25, 0.3) is 0 Å². The number of nitrogens with one attached hydrogen (secondary N) is 1. The van der Waals surface area contributed by atoms with E-state index >= 15 is 0 Å². The minimum Gasteiger partial charge on any atom is -0.457 e. The van der Waals surface area contributed by atoms with E-state index in [0.29, 0.717) is 17.9 Å². The first kappa shape index (κ1) is 14.0. The molecular formula is C15H15FN2O2. The second-order valence-corrected chi connectivity index (χ2v) is 4.27. The normalized spacial score (nSPS) is 10.3. The summed E-state index contributed by atoms with van der Waals surface area (Å²) in [5.41, 5.74) is 6.61. The Kier molecular flexibility index (Phi) is 4.32. The minimum absolute atomic E-state index is 0.0899. The van der Waals surface area contributed by atoms with Gasteiger partial charge in [-0.05, 0) is 42.3 Å². The first-order chi connectivity index (χ1) is 9.60. The molecule has 20 heavy (non-hydrogen) atoms. The van der Waals surface area contributed by atoms with Gasteiger partial charge in [0.05, 0.1) is 5.56 Å². The lowest BCUT2D eigenvalue weighted by Crippen LogP contribution is -2.12. The van der Waals surface area contributed by atoms with Crippen molar-refractivity contribution in [2.45, 2.75) is 6.42 Å². The van der Waals surface area contributed by atoms with Gasteiger partial charge in [-0.15, -0.1) is 0 Å². The van der Waals surface area contributed by atoms with Gasteiger partial charge in [-0.3, -0.25) is 5.41 Å². The molecule has 0 saturated carbocycles. The van der Waals surface area contributed by atoms with E-state index < -0.39 is 5.82 Å². The first-order valence-corrected chi connectivity index (χ1v) is 6.12. The van der Waals surface area contributed by atoms with Crippen LogP contribution in [0.3, 0.4) is 0 Å². The van der Waals surface area contributed by atoms with Gasteiger partial charge < -0.3 is 15.6 Å². The van der Waals surface area contributed by atoms with E-state index in [1.54, 1.807) is 12.1 Å². The molecule has 0 amide bonds. The topological polar surface area (TPSA) is 79.3 Å². The fourth-order valence-corrected chi connectivity index (χ4v) is 1.78. The summed E-state index contributed by atoms with van der Waals surface area (Å²) < 4.78 is 18.8. The molecule has 0 aliphatic rings. The minimum atomic E-state index is -0.471. The molecule has 0 radical (unpaired) electrons. The summed E-state index contributed by atoms with van der Waals surface area (Å²) in [7, 11) is 0. The number of nitrogen functional groups attached to an aromatic ring is 1. The first-order valence-electron chi connectivity index (χ1n) is 6.12. The van der Waals surface area contributed by atoms with Gasteiger partial charge in [-0.25, -0.2) is 4.39 Å². The molecule has 4 nitrogen and oxygen atoms in total. The Morgan fingerprint density at radius 2 is 1.90 bits per heavy atom. The van der Waals surface area contributed by atoms with Crippen LogP contribution >= 0.6 is 0 Å². The third-order valence-electron chi connectivity index (χ3n) is 2.78. The number of amidine groups is 1. The predicted molar refractivity (Wildman–Crippen MR) is 74.7 cm³/mol. The lowest BCUT2D eigenvalue weighted by Gasteiger charge is -2.10. The Morgan fingerprint density at radius 1 is 1.20 bits per heavy atom. The van der Waals surface area contributed by atoms with E-state index in [9.17, 15) is 4.39 Å². The Balaban J connectivity index is 2.23. The predicted octanol–water partition coefficient (Wildman–Crippen LogP) is 2.44. The quantitative estimate of drug-likeness (QED) is 0.578. The molecule has 2 aromatic carbocycles. The van der Waals surface area contributed by atoms with Crippen molar-refractivity contribution in [3.05, 3.63) is 59.4 Å². The van der Waals surface area contributed by atoms with Gasteiger partial charge >= 0.3 is 0 Å². The number of nitrogens with two attached hydrogens (primary N) is 1. The average Bonchev–Trinajstić information content (AvgIpc) is 2.43. The maximum atomic E-state index is 13.2. The molecule has 0 aliphatic heterocycles. The Hall–Kier alpha value is -2.40. The van der Waals surface area contributed by atoms with Crippen molar-refractivity contribution in [2.75, 3.05) is 6.61 Å². The van der Waals surface area contributed by atoms with Crippen LogP contribution in [0.25, 0.3) is 0 Å². The van der Waals surface area contributed by atoms with Crippen LogP contribution in [-0.2, 0) is 6.42 Å². The second-order valence-electron chi connectivity index (χ2n) is 4.27. The zero-order chi connectivity index (χ0) is 14.5. The van der Waals surface area contributed by atoms with Crippen molar-refractivity contribution in [1.29, 1.82) is 5.41 Å². The van der Waals surface area contributed by atoms with Gasteiger partial charge in [0.15, 0.2) is 0 Å². The summed E-state index contributed by atoms with van der Waals surface area (Å²) in [6, 6.07) is 11.0. The fourth-order valence-electron chi connectivity index (χ4n) is 1.78. The molecular weight excluding hydrogens is 259 g/mol. The third-order valence-corrected chi connectivity index (χ3v) is 2.78. The Morgan fingerprint density at radius 3 is 2.50 bits per heavy atom. The largest absolute Gasteiger partial charge is 0.457 e. The van der Waals surface area contributed by atoms with Crippen molar-refractivity contribution in [3.63, 3.8) is 0 Å². The molecule has 0 atom stereocenters. The van der Waals surface area contributed by atoms with Crippen molar-refractivity contribution in [2.24, 2.45) is 5.73 Å². The molecule has 0 aromatic heterocycles. The Bertz CT molecular complexity index is 612. The van der Waals surface area contributed by atoms with Crippen LogP contribution < -0.4 is 10.5 Å². The highest BCUT2D eigenvalue weighted by atomic mass is 19.1. The highest BCUT2D eigenvalue weighted by Crippen LogP contribution is 2.26. The summed E-state index contributed by atoms with van der Waals surface area (Å²) in [5, 5.41) is 16.3. The van der Waals surface area contributed by atoms with Crippen molar-refractivity contribution >= 4 is 5.84 Å². The molecule has 2 rings (SSSR count). The molecule has 2 aromatic rings. The summed E-state index contributed by atoms with van der Waals surface area (Å²) in [5.74, 6) is 0.159. The molecule has 0 spiro atoms. The lowest BCUT2D eigenvalue weighted by molar-refractivity contribution is 0.299. The maximum Gasteiger partial charge on any atom is 0.138 e. The summed E-state index contributed by atoms with van der Waals surface area (Å²) >= 11 is 0. The van der Waals surface area contributed by atoms with Crippen molar-refractivity contribution in [1.82, 2.24) is 0 Å².